The van der Waals surface area contributed by atoms with Gasteiger partial charge in [-0.3, -0.25) is 5.43 Å². The molecule has 0 fully saturated rings. The van der Waals surface area contributed by atoms with Gasteiger partial charge in [0.1, 0.15) is 12.5 Å². The highest BCUT2D eigenvalue weighted by atomic mass is 15.5. The number of hydrogen-bond acceptors (Lipinski definition) is 4. The minimum atomic E-state index is 0.0278. The van der Waals surface area contributed by atoms with Crippen molar-refractivity contribution in [3.63, 3.8) is 0 Å². The van der Waals surface area contributed by atoms with Crippen molar-refractivity contribution < 1.29 is 0 Å². The highest BCUT2D eigenvalue weighted by Gasteiger charge is 2.11. The summed E-state index contributed by atoms with van der Waals surface area (Å²) < 4.78 is 0. The van der Waals surface area contributed by atoms with Gasteiger partial charge in [0.15, 0.2) is 6.19 Å². The van der Waals surface area contributed by atoms with Gasteiger partial charge in [0.05, 0.1) is 0 Å². The number of rotatable bonds is 0. The Kier molecular flexibility index (Phi) is 1.04. The maximum absolute atomic E-state index is 8.28. The summed E-state index contributed by atoms with van der Waals surface area (Å²) in [5.41, 5.74) is 2.69. The van der Waals surface area contributed by atoms with Crippen LogP contribution in [0.25, 0.3) is 0 Å². The Morgan fingerprint density at radius 1 is 2.00 bits per heavy atom. The van der Waals surface area contributed by atoms with Gasteiger partial charge in [0.25, 0.3) is 0 Å². The van der Waals surface area contributed by atoms with Gasteiger partial charge in [0.2, 0.25) is 0 Å². The molecule has 42 valence electrons. The molecule has 0 aromatic rings. The molecule has 4 heteroatoms. The van der Waals surface area contributed by atoms with Crippen LogP contribution in [-0.4, -0.2) is 17.4 Å². The summed E-state index contributed by atoms with van der Waals surface area (Å²) in [6.45, 7) is 1.86. The quantitative estimate of drug-likeness (QED) is 0.434. The summed E-state index contributed by atoms with van der Waals surface area (Å²) in [5, 5.41) is 11.9. The standard InChI is InChI=1S/C4H6N4/c1-4-7-6-3-8(4)2-5/h3-4,7H,1H3. The van der Waals surface area contributed by atoms with Crippen molar-refractivity contribution in [2.24, 2.45) is 5.10 Å². The molecule has 1 rings (SSSR count). The first-order valence-corrected chi connectivity index (χ1v) is 2.31. The topological polar surface area (TPSA) is 51.4 Å². The van der Waals surface area contributed by atoms with E-state index in [1.165, 1.54) is 11.2 Å². The Hall–Kier alpha value is -1.24. The second-order valence-electron chi connectivity index (χ2n) is 1.56. The van der Waals surface area contributed by atoms with Crippen molar-refractivity contribution in [2.45, 2.75) is 13.1 Å². The number of nitrogens with zero attached hydrogens (tertiary/aromatic N) is 3. The van der Waals surface area contributed by atoms with Crippen molar-refractivity contribution in [3.05, 3.63) is 0 Å². The molecule has 4 nitrogen and oxygen atoms in total. The van der Waals surface area contributed by atoms with Crippen molar-refractivity contribution in [3.8, 4) is 6.19 Å². The molecular weight excluding hydrogens is 104 g/mol. The van der Waals surface area contributed by atoms with Crippen LogP contribution in [0.4, 0.5) is 0 Å². The summed E-state index contributed by atoms with van der Waals surface area (Å²) in [5.74, 6) is 0. The molecule has 0 bridgehead atoms. The van der Waals surface area contributed by atoms with Gasteiger partial charge < -0.3 is 0 Å². The molecule has 0 spiro atoms. The van der Waals surface area contributed by atoms with Crippen LogP contribution >= 0.6 is 0 Å². The van der Waals surface area contributed by atoms with Crippen LogP contribution in [0, 0.1) is 11.5 Å². The zero-order chi connectivity index (χ0) is 5.98. The number of hydrazone groups is 1. The van der Waals surface area contributed by atoms with Crippen LogP contribution in [0.2, 0.25) is 0 Å². The van der Waals surface area contributed by atoms with E-state index in [-0.39, 0.29) is 6.17 Å². The monoisotopic (exact) mass is 110 g/mol. The summed E-state index contributed by atoms with van der Waals surface area (Å²) in [7, 11) is 0. The van der Waals surface area contributed by atoms with Crippen LogP contribution in [-0.2, 0) is 0 Å². The van der Waals surface area contributed by atoms with E-state index in [1.807, 2.05) is 13.1 Å². The van der Waals surface area contributed by atoms with Crippen molar-refractivity contribution in [1.29, 1.82) is 5.26 Å². The fourth-order valence-electron chi connectivity index (χ4n) is 0.478. The van der Waals surface area contributed by atoms with Gasteiger partial charge in [-0.1, -0.05) is 0 Å². The van der Waals surface area contributed by atoms with Gasteiger partial charge in [-0.15, -0.1) is 0 Å². The van der Waals surface area contributed by atoms with Crippen molar-refractivity contribution in [2.75, 3.05) is 0 Å². The molecular formula is C4H6N4. The highest BCUT2D eigenvalue weighted by Crippen LogP contribution is 1.94. The molecule has 1 N–H and O–H groups in total. The molecule has 1 aliphatic heterocycles. The van der Waals surface area contributed by atoms with Crippen LogP contribution < -0.4 is 5.43 Å². The smallest absolute Gasteiger partial charge is 0.187 e. The van der Waals surface area contributed by atoms with E-state index in [4.69, 9.17) is 5.26 Å². The summed E-state index contributed by atoms with van der Waals surface area (Å²) in [6, 6.07) is 0. The van der Waals surface area contributed by atoms with E-state index in [9.17, 15) is 0 Å². The minimum Gasteiger partial charge on any atom is -0.285 e. The van der Waals surface area contributed by atoms with E-state index in [1.54, 1.807) is 0 Å². The van der Waals surface area contributed by atoms with E-state index < -0.39 is 0 Å². The molecule has 0 radical (unpaired) electrons. The third-order valence-electron chi connectivity index (χ3n) is 0.976. The molecule has 8 heavy (non-hydrogen) atoms. The predicted octanol–water partition coefficient (Wildman–Crippen LogP) is -0.338. The van der Waals surface area contributed by atoms with Crippen molar-refractivity contribution in [1.82, 2.24) is 10.3 Å². The Balaban J connectivity index is 2.57. The lowest BCUT2D eigenvalue weighted by molar-refractivity contribution is 0.426. The average molecular weight is 110 g/mol. The van der Waals surface area contributed by atoms with Gasteiger partial charge >= 0.3 is 0 Å². The Labute approximate surface area is 47.4 Å². The third kappa shape index (κ3) is 0.581. The first-order chi connectivity index (χ1) is 3.84. The number of nitriles is 1. The SMILES string of the molecule is CC1NN=CN1C#N. The zero-order valence-electron chi connectivity index (χ0n) is 4.50. The largest absolute Gasteiger partial charge is 0.285 e. The maximum Gasteiger partial charge on any atom is 0.187 e. The zero-order valence-corrected chi connectivity index (χ0v) is 4.50. The lowest BCUT2D eigenvalue weighted by Crippen LogP contribution is -2.29. The molecule has 0 aromatic carbocycles. The van der Waals surface area contributed by atoms with Gasteiger partial charge in [-0.2, -0.15) is 10.4 Å². The van der Waals surface area contributed by atoms with Gasteiger partial charge in [0, 0.05) is 0 Å². The second kappa shape index (κ2) is 1.70. The van der Waals surface area contributed by atoms with Crippen LogP contribution in [0.5, 0.6) is 0 Å². The van der Waals surface area contributed by atoms with E-state index in [2.05, 4.69) is 10.5 Å². The molecule has 1 heterocycles. The molecule has 0 saturated carbocycles. The van der Waals surface area contributed by atoms with E-state index in [0.29, 0.717) is 0 Å². The number of hydrogen-bond donors (Lipinski definition) is 1. The summed E-state index contributed by atoms with van der Waals surface area (Å²) >= 11 is 0. The fraction of sp³-hybridized carbons (Fsp3) is 0.500. The first kappa shape index (κ1) is 4.91. The fourth-order valence-corrected chi connectivity index (χ4v) is 0.478. The third-order valence-corrected chi connectivity index (χ3v) is 0.976. The average Bonchev–Trinajstić information content (AvgIpc) is 2.14. The minimum absolute atomic E-state index is 0.0278. The van der Waals surface area contributed by atoms with Gasteiger partial charge in [-0.05, 0) is 6.92 Å². The predicted molar refractivity (Wildman–Crippen MR) is 28.5 cm³/mol. The Morgan fingerprint density at radius 2 is 2.75 bits per heavy atom. The molecule has 0 amide bonds. The lowest BCUT2D eigenvalue weighted by Gasteiger charge is -2.07. The summed E-state index contributed by atoms with van der Waals surface area (Å²) in [4.78, 5) is 1.43. The number of nitrogens with one attached hydrogen (secondary N) is 1. The van der Waals surface area contributed by atoms with E-state index in [0.717, 1.165) is 0 Å². The van der Waals surface area contributed by atoms with Crippen LogP contribution in [0.15, 0.2) is 5.10 Å². The van der Waals surface area contributed by atoms with E-state index >= 15 is 0 Å². The van der Waals surface area contributed by atoms with Crippen LogP contribution in [0.1, 0.15) is 6.92 Å². The molecule has 1 aliphatic rings. The molecule has 1 unspecified atom stereocenters. The molecule has 0 aromatic heterocycles. The summed E-state index contributed by atoms with van der Waals surface area (Å²) in [6.07, 6.45) is 3.43. The maximum atomic E-state index is 8.28. The Morgan fingerprint density at radius 3 is 3.00 bits per heavy atom. The first-order valence-electron chi connectivity index (χ1n) is 2.31. The van der Waals surface area contributed by atoms with Crippen LogP contribution in [0.3, 0.4) is 0 Å². The van der Waals surface area contributed by atoms with Crippen molar-refractivity contribution >= 4 is 6.34 Å². The second-order valence-corrected chi connectivity index (χ2v) is 1.56. The molecule has 0 saturated heterocycles. The molecule has 0 aliphatic carbocycles. The normalized spacial score (nSPS) is 25.0. The lowest BCUT2D eigenvalue weighted by atomic mass is 10.5. The highest BCUT2D eigenvalue weighted by molar-refractivity contribution is 5.59. The Bertz CT molecular complexity index is 145. The van der Waals surface area contributed by atoms with Gasteiger partial charge in [-0.25, -0.2) is 4.90 Å². The molecule has 1 atom stereocenters.